The number of nitrogens with one attached hydrogen (secondary N) is 2. The van der Waals surface area contributed by atoms with Crippen molar-refractivity contribution < 1.29 is 211 Å². The van der Waals surface area contributed by atoms with E-state index in [2.05, 4.69) is 30.6 Å². The van der Waals surface area contributed by atoms with Crippen LogP contribution in [0.2, 0.25) is 0 Å². The number of hydrogen-bond acceptors (Lipinski definition) is 10. The summed E-state index contributed by atoms with van der Waals surface area (Å²) in [6, 6.07) is 22.8. The van der Waals surface area contributed by atoms with Gasteiger partial charge in [-0.25, -0.2) is 152 Å². The van der Waals surface area contributed by atoms with E-state index in [1.807, 2.05) is 72.8 Å². The van der Waals surface area contributed by atoms with Gasteiger partial charge in [0.15, 0.2) is 105 Å². The van der Waals surface area contributed by atoms with Gasteiger partial charge in [0.2, 0.25) is 12.7 Å². The largest absolute Gasteiger partial charge is 4.00 e. The maximum atomic E-state index is 14.5. The molecule has 0 aliphatic carbocycles. The van der Waals surface area contributed by atoms with E-state index in [9.17, 15) is 142 Å². The quantitative estimate of drug-likeness (QED) is 0.0251. The third-order valence-electron chi connectivity index (χ3n) is 13.1. The Labute approximate surface area is 721 Å². The average Bonchev–Trinajstić information content (AvgIpc) is 0.711. The molecule has 0 spiro atoms. The number of halogens is 38. The van der Waals surface area contributed by atoms with E-state index in [-0.39, 0.29) is 121 Å². The van der Waals surface area contributed by atoms with Crippen molar-refractivity contribution >= 4 is 162 Å². The summed E-state index contributed by atoms with van der Waals surface area (Å²) in [5.41, 5.74) is -18.5. The van der Waals surface area contributed by atoms with E-state index in [0.29, 0.717) is 0 Å². The molecule has 119 heavy (non-hydrogen) atoms. The molecule has 13 nitrogen and oxygen atoms in total. The molecule has 10 rings (SSSR count). The molecule has 12 N–H and O–H groups in total. The van der Waals surface area contributed by atoms with Gasteiger partial charge >= 0.3 is 42.1 Å². The molecule has 4 heterocycles. The summed E-state index contributed by atoms with van der Waals surface area (Å²) in [5.74, 6) is -92.5. The monoisotopic (exact) mass is 2270 g/mol. The topological polar surface area (TPSA) is 271 Å². The molecule has 0 aliphatic rings. The second kappa shape index (κ2) is 58.9. The Bertz CT molecular complexity index is 3930. The molecule has 0 saturated heterocycles. The van der Waals surface area contributed by atoms with Gasteiger partial charge in [0, 0.05) is 24.8 Å². The Kier molecular flexibility index (Phi) is 64.3. The molecule has 0 unspecified atom stereocenters. The average molecular weight is 2280 g/mol. The number of rotatable bonds is 10. The Hall–Kier alpha value is -7.03. The molecule has 668 valence electrons. The van der Waals surface area contributed by atoms with Crippen LogP contribution in [-0.4, -0.2) is 91.4 Å². The van der Waals surface area contributed by atoms with Crippen molar-refractivity contribution in [2.24, 2.45) is 0 Å². The van der Waals surface area contributed by atoms with Gasteiger partial charge in [0.25, 0.3) is 0 Å². The zero-order chi connectivity index (χ0) is 82.5. The standard InChI is InChI=1S/2C18HBF15O.2C10H9N3.4CH2Cl2.4CH3.5H2O.2Pt/c2*20-4-1(5(21)11(27)16(32)10(4)26)19(35,2-6(22)12(28)17(33)13(29)7(2)23)3-8(24)14(30)18(34)15(31)9(3)25;2*1-3-7-11-9(5-1)13-10-6-2-4-8-12-10;4*2-1-3;;;;;;;;;;;/h2*35H;2*1-8H,(H,11,12,13);4*1H2;4*1H3;5*1H2;;/q2*-1;;;;;;;4*-1;;;;;;2*+4/p-2. The molecule has 0 fully saturated rings. The smallest absolute Gasteiger partial charge is 0.870 e. The van der Waals surface area contributed by atoms with Gasteiger partial charge in [-0.1, -0.05) is 57.0 Å². The van der Waals surface area contributed by atoms with E-state index in [1.54, 1.807) is 24.8 Å². The van der Waals surface area contributed by atoms with Crippen LogP contribution in [0.25, 0.3) is 0 Å². The van der Waals surface area contributed by atoms with Crippen molar-refractivity contribution in [2.45, 2.75) is 0 Å². The predicted octanol–water partition coefficient (Wildman–Crippen LogP) is 16.6. The molecule has 0 atom stereocenters. The van der Waals surface area contributed by atoms with Crippen LogP contribution in [0.3, 0.4) is 0 Å². The van der Waals surface area contributed by atoms with Gasteiger partial charge in [-0.3, -0.25) is 0 Å². The van der Waals surface area contributed by atoms with Crippen LogP contribution in [0.4, 0.5) is 155 Å². The van der Waals surface area contributed by atoms with Gasteiger partial charge < -0.3 is 77.8 Å². The maximum Gasteiger partial charge on any atom is 4.00 e. The van der Waals surface area contributed by atoms with Crippen molar-refractivity contribution in [1.82, 2.24) is 19.9 Å². The van der Waals surface area contributed by atoms with Crippen molar-refractivity contribution in [1.29, 1.82) is 0 Å². The molecule has 10 aromatic rings. The van der Waals surface area contributed by atoms with E-state index in [4.69, 9.17) is 92.8 Å². The summed E-state index contributed by atoms with van der Waals surface area (Å²) in [5, 5.41) is 28.5. The van der Waals surface area contributed by atoms with Crippen LogP contribution in [-0.2, 0) is 42.1 Å². The second-order valence-electron chi connectivity index (χ2n) is 19.1. The van der Waals surface area contributed by atoms with E-state index >= 15 is 0 Å². The van der Waals surface area contributed by atoms with Crippen molar-refractivity contribution in [3.05, 3.63) is 302 Å². The number of hydrogen-bond donors (Lipinski definition) is 4. The van der Waals surface area contributed by atoms with Crippen molar-refractivity contribution in [3.8, 4) is 0 Å². The predicted molar refractivity (Wildman–Crippen MR) is 381 cm³/mol. The number of pyridine rings is 4. The maximum absolute atomic E-state index is 14.5. The minimum Gasteiger partial charge on any atom is -0.870 e. The van der Waals surface area contributed by atoms with E-state index in [0.717, 1.165) is 23.3 Å². The summed E-state index contributed by atoms with van der Waals surface area (Å²) in [7, 11) is 0. The van der Waals surface area contributed by atoms with E-state index in [1.165, 1.54) is 0 Å². The molecule has 0 amide bonds. The normalized spacial score (nSPS) is 9.75. The molecular formula is C64H48B2Cl8F30N6O7Pt2. The van der Waals surface area contributed by atoms with Crippen LogP contribution in [0.15, 0.2) is 97.6 Å². The number of alkyl halides is 8. The fraction of sp³-hybridized carbons (Fsp3) is 0.0625. The number of benzene rings is 6. The first-order valence-electron chi connectivity index (χ1n) is 27.1. The van der Waals surface area contributed by atoms with Crippen LogP contribution in [0.5, 0.6) is 0 Å². The molecule has 0 saturated carbocycles. The van der Waals surface area contributed by atoms with E-state index < -0.39 is 220 Å². The van der Waals surface area contributed by atoms with Gasteiger partial charge in [-0.05, 0) is 48.5 Å². The number of nitrogens with zero attached hydrogens (tertiary/aromatic N) is 4. The minimum atomic E-state index is -6.41. The van der Waals surface area contributed by atoms with Crippen LogP contribution < -0.4 is 43.4 Å². The van der Waals surface area contributed by atoms with Crippen LogP contribution >= 0.6 is 92.8 Å². The Morgan fingerprint density at radius 2 is 0.311 bits per heavy atom. The number of aromatic nitrogens is 4. The first-order chi connectivity index (χ1) is 50.6. The second-order valence-corrected chi connectivity index (χ2v) is 22.3. The zero-order valence-corrected chi connectivity index (χ0v) is 68.9. The van der Waals surface area contributed by atoms with Gasteiger partial charge in [0.1, 0.15) is 93.1 Å². The Morgan fingerprint density at radius 1 is 0.218 bits per heavy atom. The van der Waals surface area contributed by atoms with Gasteiger partial charge in [-0.15, -0.1) is 92.8 Å². The fourth-order valence-corrected chi connectivity index (χ4v) is 8.81. The molecule has 4 aromatic heterocycles. The Morgan fingerprint density at radius 3 is 0.395 bits per heavy atom. The molecule has 55 heteroatoms. The summed E-state index contributed by atoms with van der Waals surface area (Å²) < 4.78 is 419. The summed E-state index contributed by atoms with van der Waals surface area (Å²) in [6.45, 7) is 0. The molecule has 6 aromatic carbocycles. The first-order valence-corrected chi connectivity index (χ1v) is 31.4. The molecule has 0 bridgehead atoms. The van der Waals surface area contributed by atoms with Crippen molar-refractivity contribution in [3.63, 3.8) is 0 Å². The molecular weight excluding hydrogens is 2230 g/mol. The molecule has 0 radical (unpaired) electrons. The summed E-state index contributed by atoms with van der Waals surface area (Å²) >= 11 is 38.1. The Balaban J connectivity index is -0.000000191. The van der Waals surface area contributed by atoms with Gasteiger partial charge in [-0.2, -0.15) is 0 Å². The first kappa shape index (κ1) is 130. The molecule has 0 aliphatic heterocycles. The fourth-order valence-electron chi connectivity index (χ4n) is 8.81. The van der Waals surface area contributed by atoms with Crippen molar-refractivity contribution in [2.75, 3.05) is 32.0 Å². The van der Waals surface area contributed by atoms with Crippen LogP contribution in [0, 0.1) is 204 Å². The SMILES string of the molecule is ClCCl.ClCCl.ClCCl.ClCCl.O.O.O.O[B-](c1c(F)c(F)c(F)c(F)c1F)(c1c(F)c(F)c(F)c(F)c1F)c1c(F)c(F)c(F)c(F)c1F.O[B-](c1c(F)c(F)c(F)c(F)c1F)(c1c(F)c(F)c(F)c(F)c1F)c1c(F)c(F)c(F)c(F)c1F.[CH3-].[CH3-].[CH3-].[CH3-].[OH-].[OH-].[Pt+4].[Pt+4].c1ccc(Nc2ccccn2)nc1.c1ccc(Nc2ccccn2)nc1. The minimum absolute atomic E-state index is 0. The van der Waals surface area contributed by atoms with Crippen LogP contribution in [0.1, 0.15) is 0 Å². The van der Waals surface area contributed by atoms with Gasteiger partial charge in [0.05, 0.1) is 21.4 Å². The summed E-state index contributed by atoms with van der Waals surface area (Å²) in [6.07, 6.45) is -5.86. The third kappa shape index (κ3) is 29.1. The summed E-state index contributed by atoms with van der Waals surface area (Å²) in [4.78, 5) is 16.5. The zero-order valence-electron chi connectivity index (χ0n) is 58.3. The number of anilines is 4. The third-order valence-corrected chi connectivity index (χ3v) is 13.1.